The Morgan fingerprint density at radius 2 is 1.33 bits per heavy atom. The van der Waals surface area contributed by atoms with Crippen molar-refractivity contribution >= 4 is 21.8 Å². The highest BCUT2D eigenvalue weighted by molar-refractivity contribution is 7.89. The maximum Gasteiger partial charge on any atom is 0.243 e. The molecule has 2 N–H and O–H groups in total. The molecule has 1 atom stereocenters. The lowest BCUT2D eigenvalue weighted by atomic mass is 10.0. The highest BCUT2D eigenvalue weighted by Crippen LogP contribution is 2.23. The molecule has 9 heteroatoms. The fraction of sp³-hybridized carbons (Fsp3) is 0.278. The molecule has 4 aromatic carbocycles. The summed E-state index contributed by atoms with van der Waals surface area (Å²) < 4.78 is 41.5. The third-order valence-corrected chi connectivity index (χ3v) is 9.39. The van der Waals surface area contributed by atoms with Gasteiger partial charge in [-0.15, -0.1) is 0 Å². The van der Waals surface area contributed by atoms with Crippen LogP contribution in [0, 0.1) is 5.82 Å². The Balaban J connectivity index is 1.33. The van der Waals surface area contributed by atoms with Gasteiger partial charge in [0.25, 0.3) is 0 Å². The predicted octanol–water partition coefficient (Wildman–Crippen LogP) is 5.20. The van der Waals surface area contributed by atoms with Crippen molar-refractivity contribution < 1.29 is 22.4 Å². The summed E-state index contributed by atoms with van der Waals surface area (Å²) >= 11 is 0. The third-order valence-electron chi connectivity index (χ3n) is 7.85. The molecular formula is C36H38FN3O4S. The van der Waals surface area contributed by atoms with Crippen molar-refractivity contribution in [1.82, 2.24) is 14.9 Å². The fourth-order valence-electron chi connectivity index (χ4n) is 5.15. The smallest absolute Gasteiger partial charge is 0.243 e. The van der Waals surface area contributed by atoms with Crippen LogP contribution in [0.5, 0.6) is 0 Å². The summed E-state index contributed by atoms with van der Waals surface area (Å²) in [7, 11) is -3.57. The topological polar surface area (TPSA) is 95.6 Å². The number of carbonyl (C=O) groups is 2. The highest BCUT2D eigenvalue weighted by Gasteiger charge is 2.31. The number of hydrogen-bond donors (Lipinski definition) is 2. The van der Waals surface area contributed by atoms with E-state index in [0.29, 0.717) is 31.4 Å². The molecule has 0 bridgehead atoms. The van der Waals surface area contributed by atoms with Gasteiger partial charge in [-0.3, -0.25) is 9.59 Å². The van der Waals surface area contributed by atoms with Crippen LogP contribution in [0.25, 0.3) is 0 Å². The van der Waals surface area contributed by atoms with E-state index >= 15 is 0 Å². The zero-order chi connectivity index (χ0) is 31.6. The van der Waals surface area contributed by atoms with E-state index in [0.717, 1.165) is 29.5 Å². The summed E-state index contributed by atoms with van der Waals surface area (Å²) in [6.45, 7) is 0.546. The number of sulfonamides is 1. The van der Waals surface area contributed by atoms with Gasteiger partial charge in [0.1, 0.15) is 11.9 Å². The number of benzene rings is 4. The average Bonchev–Trinajstić information content (AvgIpc) is 3.87. The minimum Gasteiger partial charge on any atom is -0.354 e. The first-order valence-corrected chi connectivity index (χ1v) is 16.8. The number of rotatable bonds is 15. The van der Waals surface area contributed by atoms with Crippen LogP contribution in [0.15, 0.2) is 114 Å². The van der Waals surface area contributed by atoms with Crippen molar-refractivity contribution in [3.8, 4) is 0 Å². The molecule has 0 saturated heterocycles. The molecule has 1 unspecified atom stereocenters. The largest absolute Gasteiger partial charge is 0.354 e. The molecule has 45 heavy (non-hydrogen) atoms. The normalized spacial score (nSPS) is 13.6. The molecule has 1 fully saturated rings. The first-order valence-electron chi connectivity index (χ1n) is 15.3. The molecule has 0 aromatic heterocycles. The zero-order valence-corrected chi connectivity index (χ0v) is 25.9. The Morgan fingerprint density at radius 1 is 0.756 bits per heavy atom. The lowest BCUT2D eigenvalue weighted by molar-refractivity contribution is -0.141. The van der Waals surface area contributed by atoms with Crippen molar-refractivity contribution in [2.75, 3.05) is 6.54 Å². The van der Waals surface area contributed by atoms with Gasteiger partial charge >= 0.3 is 0 Å². The van der Waals surface area contributed by atoms with E-state index in [2.05, 4.69) is 10.0 Å². The molecule has 1 aliphatic rings. The lowest BCUT2D eigenvalue weighted by Crippen LogP contribution is -2.50. The predicted molar refractivity (Wildman–Crippen MR) is 172 cm³/mol. The lowest BCUT2D eigenvalue weighted by Gasteiger charge is -2.32. The molecule has 5 rings (SSSR count). The summed E-state index contributed by atoms with van der Waals surface area (Å²) in [5, 5.41) is 3.04. The van der Waals surface area contributed by atoms with E-state index < -0.39 is 16.1 Å². The second-order valence-electron chi connectivity index (χ2n) is 11.4. The quantitative estimate of drug-likeness (QED) is 0.190. The Labute approximate surface area is 264 Å². The van der Waals surface area contributed by atoms with Crippen LogP contribution in [0.3, 0.4) is 0 Å². The zero-order valence-electron chi connectivity index (χ0n) is 25.1. The summed E-state index contributed by atoms with van der Waals surface area (Å²) in [4.78, 5) is 29.5. The Kier molecular flexibility index (Phi) is 10.8. The molecule has 1 aliphatic carbocycles. The molecule has 1 saturated carbocycles. The number of aryl methyl sites for hydroxylation is 1. The molecule has 234 valence electrons. The SMILES string of the molecule is O=C(NCCc1ccccc1)C(Cc1ccccc1)N(Cc1ccc(F)cc1)C(=O)CCc1ccc(S(=O)(=O)NC2CC2)cc1. The van der Waals surface area contributed by atoms with Crippen LogP contribution in [0.2, 0.25) is 0 Å². The fourth-order valence-corrected chi connectivity index (χ4v) is 6.46. The highest BCUT2D eigenvalue weighted by atomic mass is 32.2. The molecule has 0 aliphatic heterocycles. The van der Waals surface area contributed by atoms with Gasteiger partial charge in [0.15, 0.2) is 0 Å². The van der Waals surface area contributed by atoms with Gasteiger partial charge in [-0.25, -0.2) is 17.5 Å². The van der Waals surface area contributed by atoms with Crippen LogP contribution in [-0.4, -0.2) is 43.8 Å². The summed E-state index contributed by atoms with van der Waals surface area (Å²) in [6, 6.07) is 31.1. The first-order chi connectivity index (χ1) is 21.8. The van der Waals surface area contributed by atoms with Crippen molar-refractivity contribution in [2.45, 2.75) is 62.0 Å². The summed E-state index contributed by atoms with van der Waals surface area (Å²) in [5.74, 6) is -0.873. The Morgan fingerprint density at radius 3 is 1.96 bits per heavy atom. The van der Waals surface area contributed by atoms with Gasteiger partial charge in [-0.1, -0.05) is 84.9 Å². The second kappa shape index (κ2) is 15.1. The van der Waals surface area contributed by atoms with E-state index in [4.69, 9.17) is 0 Å². The minimum absolute atomic E-state index is 0.0127. The maximum absolute atomic E-state index is 13.9. The molecule has 0 heterocycles. The number of hydrogen-bond acceptors (Lipinski definition) is 4. The van der Waals surface area contributed by atoms with Gasteiger partial charge < -0.3 is 10.2 Å². The van der Waals surface area contributed by atoms with Gasteiger partial charge in [0.05, 0.1) is 4.90 Å². The monoisotopic (exact) mass is 627 g/mol. The van der Waals surface area contributed by atoms with Gasteiger partial charge in [0.2, 0.25) is 21.8 Å². The summed E-state index contributed by atoms with van der Waals surface area (Å²) in [5.41, 5.74) is 3.52. The molecular weight excluding hydrogens is 589 g/mol. The molecule has 4 aromatic rings. The van der Waals surface area contributed by atoms with E-state index in [1.165, 1.54) is 12.1 Å². The number of amides is 2. The number of halogens is 1. The first kappa shape index (κ1) is 32.1. The van der Waals surface area contributed by atoms with Crippen LogP contribution in [0.4, 0.5) is 4.39 Å². The van der Waals surface area contributed by atoms with E-state index in [1.807, 2.05) is 60.7 Å². The van der Waals surface area contributed by atoms with E-state index in [9.17, 15) is 22.4 Å². The van der Waals surface area contributed by atoms with Crippen LogP contribution in [0.1, 0.15) is 41.5 Å². The molecule has 0 radical (unpaired) electrons. The number of carbonyl (C=O) groups excluding carboxylic acids is 2. The van der Waals surface area contributed by atoms with E-state index in [1.54, 1.807) is 41.3 Å². The second-order valence-corrected chi connectivity index (χ2v) is 13.1. The summed E-state index contributed by atoms with van der Waals surface area (Å²) in [6.07, 6.45) is 3.14. The van der Waals surface area contributed by atoms with Gasteiger partial charge in [0, 0.05) is 32.0 Å². The van der Waals surface area contributed by atoms with Crippen LogP contribution in [-0.2, 0) is 45.4 Å². The molecule has 0 spiro atoms. The van der Waals surface area contributed by atoms with E-state index in [-0.39, 0.29) is 41.5 Å². The van der Waals surface area contributed by atoms with Gasteiger partial charge in [-0.2, -0.15) is 0 Å². The van der Waals surface area contributed by atoms with Crippen molar-refractivity contribution in [3.63, 3.8) is 0 Å². The maximum atomic E-state index is 13.9. The Hall–Kier alpha value is -4.34. The molecule has 2 amide bonds. The Bertz CT molecular complexity index is 1660. The third kappa shape index (κ3) is 9.57. The van der Waals surface area contributed by atoms with Crippen molar-refractivity contribution in [1.29, 1.82) is 0 Å². The standard InChI is InChI=1S/C36H38FN3O4S/c37-31-16-11-30(12-17-31)26-40(35(41)22-15-28-13-20-33(21-14-28)45(43,44)39-32-18-19-32)34(25-29-9-5-2-6-10-29)36(42)38-24-23-27-7-3-1-4-8-27/h1-14,16-17,20-21,32,34,39H,15,18-19,22-26H2,(H,38,42). The molecule has 7 nitrogen and oxygen atoms in total. The minimum atomic E-state index is -3.57. The van der Waals surface area contributed by atoms with Crippen molar-refractivity contribution in [2.24, 2.45) is 0 Å². The number of nitrogens with zero attached hydrogens (tertiary/aromatic N) is 1. The van der Waals surface area contributed by atoms with Crippen molar-refractivity contribution in [3.05, 3.63) is 137 Å². The average molecular weight is 628 g/mol. The van der Waals surface area contributed by atoms with Crippen LogP contribution < -0.4 is 10.0 Å². The van der Waals surface area contributed by atoms with Gasteiger partial charge in [-0.05, 0) is 72.2 Å². The number of nitrogens with one attached hydrogen (secondary N) is 2. The van der Waals surface area contributed by atoms with Crippen LogP contribution >= 0.6 is 0 Å².